The quantitative estimate of drug-likeness (QED) is 0.737. The summed E-state index contributed by atoms with van der Waals surface area (Å²) in [7, 11) is 0. The number of likely N-dealkylation sites (N-methyl/N-ethyl adjacent to an activating group) is 1. The Morgan fingerprint density at radius 3 is 2.62 bits per heavy atom. The first kappa shape index (κ1) is 20.1. The lowest BCUT2D eigenvalue weighted by Crippen LogP contribution is -2.56. The number of hydrogen-bond donors (Lipinski definition) is 0. The van der Waals surface area contributed by atoms with E-state index in [9.17, 15) is 9.59 Å². The van der Waals surface area contributed by atoms with Crippen LogP contribution in [0.2, 0.25) is 0 Å². The minimum absolute atomic E-state index is 0.0471. The molecule has 4 rings (SSSR count). The fourth-order valence-corrected chi connectivity index (χ4v) is 5.40. The van der Waals surface area contributed by atoms with Crippen LogP contribution < -0.4 is 0 Å². The van der Waals surface area contributed by atoms with Gasteiger partial charge in [0.2, 0.25) is 11.8 Å². The monoisotopic (exact) mass is 395 g/mol. The number of rotatable bonds is 4. The molecule has 156 valence electrons. The molecule has 0 radical (unpaired) electrons. The van der Waals surface area contributed by atoms with Crippen LogP contribution in [0.1, 0.15) is 43.7 Å². The van der Waals surface area contributed by atoms with E-state index in [1.807, 2.05) is 11.0 Å². The number of hydrogen-bond acceptors (Lipinski definition) is 3. The molecular formula is C24H33N3O2. The van der Waals surface area contributed by atoms with Crippen LogP contribution in [-0.4, -0.2) is 65.3 Å². The van der Waals surface area contributed by atoms with Crippen molar-refractivity contribution in [1.82, 2.24) is 14.7 Å². The van der Waals surface area contributed by atoms with Crippen molar-refractivity contribution >= 4 is 11.8 Å². The SMILES string of the molecule is C=CCN1CC2(CCC1=O)CCN(C(=O)[C@H]1Cc3ccccc3CN1CC)CC2. The molecule has 2 amide bonds. The van der Waals surface area contributed by atoms with Crippen LogP contribution in [0.3, 0.4) is 0 Å². The standard InChI is InChI=1S/C24H33N3O2/c1-3-13-27-18-24(10-9-22(27)28)11-14-26(15-12-24)23(29)21-16-19-7-5-6-8-20(19)17-25(21)4-2/h3,5-8,21H,1,4,9-18H2,2H3/t21-/m1/s1. The Kier molecular flexibility index (Phi) is 5.77. The molecule has 1 aromatic carbocycles. The maximum Gasteiger partial charge on any atom is 0.240 e. The largest absolute Gasteiger partial charge is 0.341 e. The Hall–Kier alpha value is -2.14. The molecular weight excluding hydrogens is 362 g/mol. The molecule has 0 aliphatic carbocycles. The number of carbonyl (C=O) groups excluding carboxylic acids is 2. The van der Waals surface area contributed by atoms with Gasteiger partial charge in [-0.25, -0.2) is 0 Å². The van der Waals surface area contributed by atoms with Gasteiger partial charge in [0.05, 0.1) is 6.04 Å². The number of nitrogens with zero attached hydrogens (tertiary/aromatic N) is 3. The van der Waals surface area contributed by atoms with Gasteiger partial charge in [0.1, 0.15) is 0 Å². The summed E-state index contributed by atoms with van der Waals surface area (Å²) >= 11 is 0. The summed E-state index contributed by atoms with van der Waals surface area (Å²) < 4.78 is 0. The summed E-state index contributed by atoms with van der Waals surface area (Å²) in [6, 6.07) is 8.47. The van der Waals surface area contributed by atoms with Crippen LogP contribution in [0.4, 0.5) is 0 Å². The Labute approximate surface area is 174 Å². The molecule has 0 bridgehead atoms. The second-order valence-corrected chi connectivity index (χ2v) is 8.94. The molecule has 0 unspecified atom stereocenters. The van der Waals surface area contributed by atoms with Gasteiger partial charge in [-0.3, -0.25) is 14.5 Å². The highest BCUT2D eigenvalue weighted by molar-refractivity contribution is 5.83. The first-order chi connectivity index (χ1) is 14.0. The van der Waals surface area contributed by atoms with Crippen molar-refractivity contribution in [1.29, 1.82) is 0 Å². The minimum Gasteiger partial charge on any atom is -0.341 e. The zero-order chi connectivity index (χ0) is 20.4. The predicted octanol–water partition coefficient (Wildman–Crippen LogP) is 2.85. The number of fused-ring (bicyclic) bond motifs is 1. The molecule has 29 heavy (non-hydrogen) atoms. The summed E-state index contributed by atoms with van der Waals surface area (Å²) in [6.07, 6.45) is 6.20. The van der Waals surface area contributed by atoms with Crippen molar-refractivity contribution in [2.75, 3.05) is 32.7 Å². The number of benzene rings is 1. The van der Waals surface area contributed by atoms with Crippen molar-refractivity contribution in [2.24, 2.45) is 5.41 Å². The lowest BCUT2D eigenvalue weighted by atomic mass is 9.72. The molecule has 1 spiro atoms. The molecule has 0 saturated carbocycles. The lowest BCUT2D eigenvalue weighted by Gasteiger charge is -2.48. The minimum atomic E-state index is -0.0471. The fourth-order valence-electron chi connectivity index (χ4n) is 5.40. The third-order valence-electron chi connectivity index (χ3n) is 7.27. The normalized spacial score (nSPS) is 24.4. The van der Waals surface area contributed by atoms with Gasteiger partial charge < -0.3 is 9.80 Å². The van der Waals surface area contributed by atoms with Crippen LogP contribution in [0.15, 0.2) is 36.9 Å². The van der Waals surface area contributed by atoms with Gasteiger partial charge in [-0.15, -0.1) is 6.58 Å². The number of carbonyl (C=O) groups is 2. The Balaban J connectivity index is 1.41. The number of likely N-dealkylation sites (tertiary alicyclic amines) is 2. The summed E-state index contributed by atoms with van der Waals surface area (Å²) in [5.74, 6) is 0.527. The van der Waals surface area contributed by atoms with E-state index in [1.165, 1.54) is 11.1 Å². The smallest absolute Gasteiger partial charge is 0.240 e. The third kappa shape index (κ3) is 3.97. The lowest BCUT2D eigenvalue weighted by molar-refractivity contribution is -0.145. The van der Waals surface area contributed by atoms with E-state index < -0.39 is 0 Å². The fraction of sp³-hybridized carbons (Fsp3) is 0.583. The average molecular weight is 396 g/mol. The van der Waals surface area contributed by atoms with E-state index in [4.69, 9.17) is 0 Å². The summed E-state index contributed by atoms with van der Waals surface area (Å²) in [5, 5.41) is 0. The van der Waals surface area contributed by atoms with Crippen LogP contribution >= 0.6 is 0 Å². The van der Waals surface area contributed by atoms with Crippen LogP contribution in [0.25, 0.3) is 0 Å². The van der Waals surface area contributed by atoms with Gasteiger partial charge >= 0.3 is 0 Å². The first-order valence-corrected chi connectivity index (χ1v) is 11.0. The molecule has 3 aliphatic rings. The van der Waals surface area contributed by atoms with Crippen LogP contribution in [-0.2, 0) is 22.6 Å². The molecule has 5 nitrogen and oxygen atoms in total. The molecule has 5 heteroatoms. The molecule has 2 fully saturated rings. The van der Waals surface area contributed by atoms with Crippen LogP contribution in [0.5, 0.6) is 0 Å². The van der Waals surface area contributed by atoms with Crippen molar-refractivity contribution in [2.45, 2.75) is 51.6 Å². The van der Waals surface area contributed by atoms with Gasteiger partial charge in [-0.2, -0.15) is 0 Å². The summed E-state index contributed by atoms with van der Waals surface area (Å²) in [5.41, 5.74) is 2.84. The molecule has 3 heterocycles. The van der Waals surface area contributed by atoms with Crippen molar-refractivity contribution in [3.05, 3.63) is 48.0 Å². The molecule has 1 aromatic rings. The number of amides is 2. The van der Waals surface area contributed by atoms with Crippen molar-refractivity contribution in [3.63, 3.8) is 0 Å². The van der Waals surface area contributed by atoms with Gasteiger partial charge in [0.15, 0.2) is 0 Å². The van der Waals surface area contributed by atoms with Gasteiger partial charge in [0.25, 0.3) is 0 Å². The molecule has 2 saturated heterocycles. The molecule has 0 aromatic heterocycles. The molecule has 1 atom stereocenters. The van der Waals surface area contributed by atoms with Gasteiger partial charge in [0, 0.05) is 39.1 Å². The highest BCUT2D eigenvalue weighted by Gasteiger charge is 2.43. The zero-order valence-electron chi connectivity index (χ0n) is 17.6. The van der Waals surface area contributed by atoms with E-state index >= 15 is 0 Å². The zero-order valence-corrected chi connectivity index (χ0v) is 17.6. The second-order valence-electron chi connectivity index (χ2n) is 8.94. The van der Waals surface area contributed by atoms with E-state index in [1.54, 1.807) is 0 Å². The molecule has 3 aliphatic heterocycles. The van der Waals surface area contributed by atoms with Crippen LogP contribution in [0, 0.1) is 5.41 Å². The third-order valence-corrected chi connectivity index (χ3v) is 7.27. The van der Waals surface area contributed by atoms with Gasteiger partial charge in [-0.1, -0.05) is 37.3 Å². The summed E-state index contributed by atoms with van der Waals surface area (Å²) in [4.78, 5) is 31.9. The van der Waals surface area contributed by atoms with Crippen molar-refractivity contribution < 1.29 is 9.59 Å². The Morgan fingerprint density at radius 1 is 1.21 bits per heavy atom. The van der Waals surface area contributed by atoms with Gasteiger partial charge in [-0.05, 0) is 48.8 Å². The van der Waals surface area contributed by atoms with E-state index in [-0.39, 0.29) is 23.3 Å². The second kappa shape index (κ2) is 8.31. The van der Waals surface area contributed by atoms with Crippen molar-refractivity contribution in [3.8, 4) is 0 Å². The predicted molar refractivity (Wildman–Crippen MR) is 114 cm³/mol. The summed E-state index contributed by atoms with van der Waals surface area (Å²) in [6.45, 7) is 10.8. The maximum absolute atomic E-state index is 13.4. The Morgan fingerprint density at radius 2 is 1.93 bits per heavy atom. The highest BCUT2D eigenvalue weighted by Crippen LogP contribution is 2.40. The Bertz CT molecular complexity index is 782. The molecule has 0 N–H and O–H groups in total. The first-order valence-electron chi connectivity index (χ1n) is 11.0. The number of piperidine rings is 2. The van der Waals surface area contributed by atoms with E-state index in [0.717, 1.165) is 58.4 Å². The topological polar surface area (TPSA) is 43.9 Å². The highest BCUT2D eigenvalue weighted by atomic mass is 16.2. The maximum atomic E-state index is 13.4. The average Bonchev–Trinajstić information content (AvgIpc) is 2.76. The van der Waals surface area contributed by atoms with E-state index in [0.29, 0.717) is 13.0 Å². The van der Waals surface area contributed by atoms with E-state index in [2.05, 4.69) is 47.6 Å².